The molecule has 29 heavy (non-hydrogen) atoms. The van der Waals surface area contributed by atoms with E-state index in [-0.39, 0.29) is 23.3 Å². The number of ether oxygens (including phenoxy) is 2. The third kappa shape index (κ3) is 6.84. The number of hydrogen-bond acceptors (Lipinski definition) is 5. The average Bonchev–Trinajstić information content (AvgIpc) is 2.67. The SMILES string of the molecule is CCCCCCn1nc(OCCCCC(C)OC(C)=O)c2cccc(F)c2c1=O. The van der Waals surface area contributed by atoms with Gasteiger partial charge >= 0.3 is 5.97 Å². The summed E-state index contributed by atoms with van der Waals surface area (Å²) in [5, 5.41) is 4.78. The average molecular weight is 406 g/mol. The predicted molar refractivity (Wildman–Crippen MR) is 111 cm³/mol. The minimum absolute atomic E-state index is 0.0245. The Balaban J connectivity index is 2.07. The molecule has 0 bridgehead atoms. The van der Waals surface area contributed by atoms with Crippen LogP contribution in [0, 0.1) is 5.82 Å². The number of rotatable bonds is 12. The van der Waals surface area contributed by atoms with Gasteiger partial charge in [0.25, 0.3) is 5.56 Å². The van der Waals surface area contributed by atoms with Crippen molar-refractivity contribution < 1.29 is 18.7 Å². The number of esters is 1. The Morgan fingerprint density at radius 2 is 2.00 bits per heavy atom. The molecule has 160 valence electrons. The van der Waals surface area contributed by atoms with Crippen LogP contribution < -0.4 is 10.3 Å². The highest BCUT2D eigenvalue weighted by Gasteiger charge is 2.15. The van der Waals surface area contributed by atoms with Gasteiger partial charge in [0.2, 0.25) is 5.88 Å². The molecule has 7 heteroatoms. The third-order valence-electron chi connectivity index (χ3n) is 4.74. The van der Waals surface area contributed by atoms with Crippen molar-refractivity contribution in [1.82, 2.24) is 9.78 Å². The molecule has 1 heterocycles. The molecule has 0 saturated heterocycles. The highest BCUT2D eigenvalue weighted by atomic mass is 19.1. The maximum Gasteiger partial charge on any atom is 0.302 e. The second-order valence-corrected chi connectivity index (χ2v) is 7.32. The van der Waals surface area contributed by atoms with E-state index in [9.17, 15) is 14.0 Å². The zero-order chi connectivity index (χ0) is 21.2. The summed E-state index contributed by atoms with van der Waals surface area (Å²) >= 11 is 0. The largest absolute Gasteiger partial charge is 0.476 e. The number of unbranched alkanes of at least 4 members (excludes halogenated alkanes) is 4. The van der Waals surface area contributed by atoms with Crippen LogP contribution in [0.4, 0.5) is 4.39 Å². The molecule has 0 aliphatic heterocycles. The molecule has 0 radical (unpaired) electrons. The van der Waals surface area contributed by atoms with Gasteiger partial charge in [0, 0.05) is 13.5 Å². The van der Waals surface area contributed by atoms with Gasteiger partial charge in [-0.05, 0) is 44.7 Å². The Morgan fingerprint density at radius 1 is 1.21 bits per heavy atom. The number of halogens is 1. The fraction of sp³-hybridized carbons (Fsp3) is 0.591. The van der Waals surface area contributed by atoms with Crippen LogP contribution in [-0.2, 0) is 16.1 Å². The van der Waals surface area contributed by atoms with E-state index in [1.807, 2.05) is 6.92 Å². The molecule has 6 nitrogen and oxygen atoms in total. The molecule has 2 rings (SSSR count). The lowest BCUT2D eigenvalue weighted by molar-refractivity contribution is -0.145. The molecule has 0 amide bonds. The first-order valence-corrected chi connectivity index (χ1v) is 10.4. The number of nitrogens with zero attached hydrogens (tertiary/aromatic N) is 2. The molecule has 0 aliphatic carbocycles. The van der Waals surface area contributed by atoms with Gasteiger partial charge in [-0.15, -0.1) is 5.10 Å². The Kier molecular flexibility index (Phi) is 9.09. The number of benzene rings is 1. The molecule has 0 N–H and O–H groups in total. The maximum atomic E-state index is 14.3. The molecular formula is C22H31FN2O4. The van der Waals surface area contributed by atoms with Crippen molar-refractivity contribution in [2.45, 2.75) is 78.4 Å². The number of fused-ring (bicyclic) bond motifs is 1. The fourth-order valence-corrected chi connectivity index (χ4v) is 3.25. The van der Waals surface area contributed by atoms with Crippen LogP contribution in [0.3, 0.4) is 0 Å². The second kappa shape index (κ2) is 11.5. The van der Waals surface area contributed by atoms with Crippen molar-refractivity contribution in [1.29, 1.82) is 0 Å². The second-order valence-electron chi connectivity index (χ2n) is 7.32. The van der Waals surface area contributed by atoms with E-state index in [2.05, 4.69) is 12.0 Å². The summed E-state index contributed by atoms with van der Waals surface area (Å²) in [7, 11) is 0. The number of carbonyl (C=O) groups excluding carboxylic acids is 1. The van der Waals surface area contributed by atoms with Gasteiger partial charge in [-0.25, -0.2) is 9.07 Å². The van der Waals surface area contributed by atoms with Crippen molar-refractivity contribution in [3.8, 4) is 5.88 Å². The minimum Gasteiger partial charge on any atom is -0.476 e. The molecule has 0 aliphatic rings. The first-order chi connectivity index (χ1) is 13.9. The van der Waals surface area contributed by atoms with Crippen LogP contribution in [0.2, 0.25) is 0 Å². The van der Waals surface area contributed by atoms with Crippen molar-refractivity contribution in [3.63, 3.8) is 0 Å². The minimum atomic E-state index is -0.558. The van der Waals surface area contributed by atoms with Gasteiger partial charge in [-0.1, -0.05) is 32.3 Å². The lowest BCUT2D eigenvalue weighted by Gasteiger charge is -2.13. The first kappa shape index (κ1) is 22.8. The summed E-state index contributed by atoms with van der Waals surface area (Å²) in [6.45, 7) is 6.20. The third-order valence-corrected chi connectivity index (χ3v) is 4.74. The zero-order valence-corrected chi connectivity index (χ0v) is 17.6. The van der Waals surface area contributed by atoms with E-state index < -0.39 is 11.4 Å². The Labute approximate surface area is 171 Å². The van der Waals surface area contributed by atoms with Crippen LogP contribution >= 0.6 is 0 Å². The highest BCUT2D eigenvalue weighted by Crippen LogP contribution is 2.23. The van der Waals surface area contributed by atoms with E-state index >= 15 is 0 Å². The number of carbonyl (C=O) groups is 1. The Bertz CT molecular complexity index is 866. The van der Waals surface area contributed by atoms with Crippen molar-refractivity contribution in [2.75, 3.05) is 6.61 Å². The van der Waals surface area contributed by atoms with Crippen LogP contribution in [0.1, 0.15) is 65.7 Å². The van der Waals surface area contributed by atoms with Gasteiger partial charge < -0.3 is 9.47 Å². The molecule has 0 saturated carbocycles. The van der Waals surface area contributed by atoms with E-state index in [4.69, 9.17) is 9.47 Å². The number of aromatic nitrogens is 2. The van der Waals surface area contributed by atoms with E-state index in [1.165, 1.54) is 17.7 Å². The number of hydrogen-bond donors (Lipinski definition) is 0. The van der Waals surface area contributed by atoms with Crippen molar-refractivity contribution >= 4 is 16.7 Å². The quantitative estimate of drug-likeness (QED) is 0.380. The van der Waals surface area contributed by atoms with Gasteiger partial charge in [-0.2, -0.15) is 0 Å². The highest BCUT2D eigenvalue weighted by molar-refractivity contribution is 5.86. The van der Waals surface area contributed by atoms with Gasteiger partial charge in [0.1, 0.15) is 5.82 Å². The topological polar surface area (TPSA) is 70.4 Å². The predicted octanol–water partition coefficient (Wildman–Crippen LogP) is 4.62. The van der Waals surface area contributed by atoms with Crippen LogP contribution in [0.25, 0.3) is 10.8 Å². The normalized spacial score (nSPS) is 12.1. The molecule has 0 fully saturated rings. The Hall–Kier alpha value is -2.44. The number of aryl methyl sites for hydroxylation is 1. The van der Waals surface area contributed by atoms with Crippen molar-refractivity contribution in [2.24, 2.45) is 0 Å². The molecule has 1 aromatic carbocycles. The fourth-order valence-electron chi connectivity index (χ4n) is 3.25. The maximum absolute atomic E-state index is 14.3. The monoisotopic (exact) mass is 406 g/mol. The van der Waals surface area contributed by atoms with Gasteiger partial charge in [0.15, 0.2) is 0 Å². The molecular weight excluding hydrogens is 375 g/mol. The van der Waals surface area contributed by atoms with Gasteiger partial charge in [0.05, 0.1) is 23.5 Å². The first-order valence-electron chi connectivity index (χ1n) is 10.4. The zero-order valence-electron chi connectivity index (χ0n) is 17.6. The lowest BCUT2D eigenvalue weighted by atomic mass is 10.1. The lowest BCUT2D eigenvalue weighted by Crippen LogP contribution is -2.25. The standard InChI is InChI=1S/C22H31FN2O4/c1-4-5-6-8-14-25-22(27)20-18(12-10-13-19(20)23)21(24-25)28-15-9-7-11-16(2)29-17(3)26/h10,12-13,16H,4-9,11,14-15H2,1-3H3. The summed E-state index contributed by atoms with van der Waals surface area (Å²) in [5.41, 5.74) is -0.419. The van der Waals surface area contributed by atoms with Crippen molar-refractivity contribution in [3.05, 3.63) is 34.4 Å². The molecule has 2 aromatic rings. The molecule has 1 atom stereocenters. The summed E-state index contributed by atoms with van der Waals surface area (Å²) in [6.07, 6.45) is 6.15. The summed E-state index contributed by atoms with van der Waals surface area (Å²) in [4.78, 5) is 23.6. The van der Waals surface area contributed by atoms with Crippen LogP contribution in [-0.4, -0.2) is 28.5 Å². The Morgan fingerprint density at radius 3 is 2.72 bits per heavy atom. The van der Waals surface area contributed by atoms with Crippen LogP contribution in [0.5, 0.6) is 5.88 Å². The van der Waals surface area contributed by atoms with E-state index in [0.717, 1.165) is 44.9 Å². The van der Waals surface area contributed by atoms with E-state index in [0.29, 0.717) is 18.5 Å². The molecule has 1 aromatic heterocycles. The summed E-state index contributed by atoms with van der Waals surface area (Å²) < 4.78 is 26.6. The van der Waals surface area contributed by atoms with E-state index in [1.54, 1.807) is 12.1 Å². The van der Waals surface area contributed by atoms with Crippen LogP contribution in [0.15, 0.2) is 23.0 Å². The smallest absolute Gasteiger partial charge is 0.302 e. The molecule has 0 spiro atoms. The molecule has 1 unspecified atom stereocenters. The summed E-state index contributed by atoms with van der Waals surface area (Å²) in [6, 6.07) is 4.50. The van der Waals surface area contributed by atoms with Gasteiger partial charge in [-0.3, -0.25) is 9.59 Å². The summed E-state index contributed by atoms with van der Waals surface area (Å²) in [5.74, 6) is -0.562.